The third-order valence-corrected chi connectivity index (χ3v) is 4.92. The maximum Gasteiger partial charge on any atom is 0.287 e. The molecule has 2 aromatic rings. The lowest BCUT2D eigenvalue weighted by molar-refractivity contribution is 0.0926. The maximum absolute atomic E-state index is 11.9. The van der Waals surface area contributed by atoms with Gasteiger partial charge in [0, 0.05) is 37.7 Å². The van der Waals surface area contributed by atoms with Gasteiger partial charge in [-0.05, 0) is 44.0 Å². The second-order valence-electron chi connectivity index (χ2n) is 7.51. The Bertz CT molecular complexity index is 845. The third-order valence-electron chi connectivity index (χ3n) is 4.92. The van der Waals surface area contributed by atoms with Gasteiger partial charge in [-0.15, -0.1) is 0 Å². The molecule has 0 bridgehead atoms. The molecule has 8 heteroatoms. The van der Waals surface area contributed by atoms with Crippen LogP contribution in [0.15, 0.2) is 46.0 Å². The summed E-state index contributed by atoms with van der Waals surface area (Å²) in [5, 5.41) is 9.27. The fourth-order valence-corrected chi connectivity index (χ4v) is 3.21. The molecule has 1 saturated heterocycles. The highest BCUT2D eigenvalue weighted by molar-refractivity contribution is 5.91. The summed E-state index contributed by atoms with van der Waals surface area (Å²) < 4.78 is 16.6. The van der Waals surface area contributed by atoms with Gasteiger partial charge in [0.2, 0.25) is 0 Å². The molecule has 0 radical (unpaired) electrons. The minimum atomic E-state index is -0.233. The van der Waals surface area contributed by atoms with Crippen molar-refractivity contribution in [3.05, 3.63) is 53.5 Å². The van der Waals surface area contributed by atoms with Crippen LogP contribution in [0, 0.1) is 12.8 Å². The van der Waals surface area contributed by atoms with Gasteiger partial charge >= 0.3 is 0 Å². The van der Waals surface area contributed by atoms with E-state index in [0.717, 1.165) is 43.1 Å². The average Bonchev–Trinajstić information content (AvgIpc) is 3.48. The molecule has 1 aromatic carbocycles. The molecule has 1 amide bonds. The van der Waals surface area contributed by atoms with E-state index in [0.29, 0.717) is 43.9 Å². The highest BCUT2D eigenvalue weighted by atomic mass is 16.5. The molecule has 1 aromatic heterocycles. The number of hydrogen-bond donors (Lipinski definition) is 3. The molecule has 1 atom stereocenters. The minimum absolute atomic E-state index is 0.233. The highest BCUT2D eigenvalue weighted by Crippen LogP contribution is 2.23. The number of rotatable bonds is 10. The summed E-state index contributed by atoms with van der Waals surface area (Å²) in [5.41, 5.74) is 2.19. The summed E-state index contributed by atoms with van der Waals surface area (Å²) in [4.78, 5) is 16.6. The van der Waals surface area contributed by atoms with Crippen molar-refractivity contribution in [2.75, 3.05) is 39.5 Å². The van der Waals surface area contributed by atoms with Gasteiger partial charge in [0.25, 0.3) is 5.91 Å². The Morgan fingerprint density at radius 1 is 1.23 bits per heavy atom. The number of amides is 1. The molecule has 1 aliphatic rings. The standard InChI is InChI=1S/C23H32N4O4/c1-3-24-23(26-10-9-25-22(28)20-5-4-11-30-20)27-14-19-7-6-17(2)13-21(19)31-16-18-8-12-29-15-18/h4-7,11,13,18H,3,8-10,12,14-16H2,1-2H3,(H,25,28)(H2,24,26,27). The summed E-state index contributed by atoms with van der Waals surface area (Å²) >= 11 is 0. The summed E-state index contributed by atoms with van der Waals surface area (Å²) in [7, 11) is 0. The summed E-state index contributed by atoms with van der Waals surface area (Å²) in [6.45, 7) is 8.54. The Balaban J connectivity index is 1.52. The number of nitrogens with one attached hydrogen (secondary N) is 3. The number of carbonyl (C=O) groups is 1. The number of ether oxygens (including phenoxy) is 2. The van der Waals surface area contributed by atoms with Crippen molar-refractivity contribution in [1.82, 2.24) is 16.0 Å². The molecule has 0 aliphatic carbocycles. The van der Waals surface area contributed by atoms with Gasteiger partial charge in [-0.1, -0.05) is 12.1 Å². The van der Waals surface area contributed by atoms with E-state index in [1.165, 1.54) is 6.26 Å². The number of guanidine groups is 1. The van der Waals surface area contributed by atoms with Gasteiger partial charge in [0.1, 0.15) is 5.75 Å². The fraction of sp³-hybridized carbons (Fsp3) is 0.478. The smallest absolute Gasteiger partial charge is 0.287 e. The number of furan rings is 1. The molecule has 0 saturated carbocycles. The van der Waals surface area contributed by atoms with E-state index in [1.54, 1.807) is 12.1 Å². The van der Waals surface area contributed by atoms with Crippen LogP contribution in [-0.2, 0) is 11.3 Å². The Morgan fingerprint density at radius 2 is 2.10 bits per heavy atom. The van der Waals surface area contributed by atoms with Crippen molar-refractivity contribution in [2.45, 2.75) is 26.8 Å². The molecule has 2 heterocycles. The number of carbonyl (C=O) groups excluding carboxylic acids is 1. The van der Waals surface area contributed by atoms with Gasteiger partial charge in [-0.3, -0.25) is 4.79 Å². The number of nitrogens with zero attached hydrogens (tertiary/aromatic N) is 1. The van der Waals surface area contributed by atoms with Crippen molar-refractivity contribution in [2.24, 2.45) is 10.9 Å². The van der Waals surface area contributed by atoms with E-state index in [2.05, 4.69) is 46.1 Å². The lowest BCUT2D eigenvalue weighted by Gasteiger charge is -2.15. The van der Waals surface area contributed by atoms with Crippen LogP contribution >= 0.6 is 0 Å². The Kier molecular flexibility index (Phi) is 8.78. The van der Waals surface area contributed by atoms with Crippen molar-refractivity contribution in [3.8, 4) is 5.75 Å². The first-order chi connectivity index (χ1) is 15.2. The Hall–Kier alpha value is -3.00. The molecule has 168 valence electrons. The van der Waals surface area contributed by atoms with Crippen molar-refractivity contribution < 1.29 is 18.7 Å². The largest absolute Gasteiger partial charge is 0.493 e. The molecule has 0 spiro atoms. The zero-order valence-electron chi connectivity index (χ0n) is 18.3. The quantitative estimate of drug-likeness (QED) is 0.306. The molecular weight excluding hydrogens is 396 g/mol. The monoisotopic (exact) mass is 428 g/mol. The molecule has 8 nitrogen and oxygen atoms in total. The second-order valence-corrected chi connectivity index (χ2v) is 7.51. The molecular formula is C23H32N4O4. The SMILES string of the molecule is CCNC(=NCc1ccc(C)cc1OCC1CCOC1)NCCNC(=O)c1ccco1. The fourth-order valence-electron chi connectivity index (χ4n) is 3.21. The first-order valence-electron chi connectivity index (χ1n) is 10.8. The van der Waals surface area contributed by atoms with Crippen molar-refractivity contribution in [1.29, 1.82) is 0 Å². The van der Waals surface area contributed by atoms with Crippen LogP contribution in [0.2, 0.25) is 0 Å². The average molecular weight is 429 g/mol. The van der Waals surface area contributed by atoms with Gasteiger partial charge in [-0.2, -0.15) is 0 Å². The van der Waals surface area contributed by atoms with Crippen LogP contribution in [-0.4, -0.2) is 51.3 Å². The van der Waals surface area contributed by atoms with E-state index >= 15 is 0 Å². The number of benzene rings is 1. The lowest BCUT2D eigenvalue weighted by atomic mass is 10.1. The minimum Gasteiger partial charge on any atom is -0.493 e. The molecule has 3 N–H and O–H groups in total. The van der Waals surface area contributed by atoms with E-state index in [1.807, 2.05) is 6.92 Å². The molecule has 1 fully saturated rings. The molecule has 1 aliphatic heterocycles. The van der Waals surface area contributed by atoms with Gasteiger partial charge < -0.3 is 29.8 Å². The zero-order chi connectivity index (χ0) is 21.9. The van der Waals surface area contributed by atoms with E-state index in [9.17, 15) is 4.79 Å². The third kappa shape index (κ3) is 7.32. The molecule has 1 unspecified atom stereocenters. The van der Waals surface area contributed by atoms with Gasteiger partial charge in [0.15, 0.2) is 11.7 Å². The number of aryl methyl sites for hydroxylation is 1. The van der Waals surface area contributed by atoms with Crippen LogP contribution in [0.5, 0.6) is 5.75 Å². The summed E-state index contributed by atoms with van der Waals surface area (Å²) in [5.74, 6) is 2.08. The van der Waals surface area contributed by atoms with Gasteiger partial charge in [0.05, 0.1) is 26.0 Å². The molecule has 31 heavy (non-hydrogen) atoms. The van der Waals surface area contributed by atoms with Crippen LogP contribution in [0.3, 0.4) is 0 Å². The Morgan fingerprint density at radius 3 is 2.84 bits per heavy atom. The van der Waals surface area contributed by atoms with Crippen molar-refractivity contribution >= 4 is 11.9 Å². The topological polar surface area (TPSA) is 97.1 Å². The van der Waals surface area contributed by atoms with Crippen LogP contribution in [0.25, 0.3) is 0 Å². The Labute approximate surface area is 183 Å². The summed E-state index contributed by atoms with van der Waals surface area (Å²) in [6, 6.07) is 9.52. The van der Waals surface area contributed by atoms with Crippen LogP contribution < -0.4 is 20.7 Å². The maximum atomic E-state index is 11.9. The molecule has 3 rings (SSSR count). The zero-order valence-corrected chi connectivity index (χ0v) is 18.3. The number of aliphatic imine (C=N–C) groups is 1. The van der Waals surface area contributed by atoms with Gasteiger partial charge in [-0.25, -0.2) is 4.99 Å². The van der Waals surface area contributed by atoms with E-state index in [-0.39, 0.29) is 5.91 Å². The first kappa shape index (κ1) is 22.7. The number of hydrogen-bond acceptors (Lipinski definition) is 5. The lowest BCUT2D eigenvalue weighted by Crippen LogP contribution is -2.41. The van der Waals surface area contributed by atoms with E-state index < -0.39 is 0 Å². The van der Waals surface area contributed by atoms with E-state index in [4.69, 9.17) is 13.9 Å². The summed E-state index contributed by atoms with van der Waals surface area (Å²) in [6.07, 6.45) is 2.53. The second kappa shape index (κ2) is 12.0. The van der Waals surface area contributed by atoms with Crippen molar-refractivity contribution in [3.63, 3.8) is 0 Å². The van der Waals surface area contributed by atoms with Crippen LogP contribution in [0.1, 0.15) is 35.0 Å². The normalized spacial score (nSPS) is 16.2. The predicted molar refractivity (Wildman–Crippen MR) is 119 cm³/mol. The van der Waals surface area contributed by atoms with Crippen LogP contribution in [0.4, 0.5) is 0 Å². The highest BCUT2D eigenvalue weighted by Gasteiger charge is 2.17. The predicted octanol–water partition coefficient (Wildman–Crippen LogP) is 2.49. The first-order valence-corrected chi connectivity index (χ1v) is 10.8.